The molecule has 25 heavy (non-hydrogen) atoms. The summed E-state index contributed by atoms with van der Waals surface area (Å²) in [6.07, 6.45) is 0. The van der Waals surface area contributed by atoms with Crippen LogP contribution in [0, 0.1) is 0 Å². The fourth-order valence-corrected chi connectivity index (χ4v) is 4.21. The predicted octanol–water partition coefficient (Wildman–Crippen LogP) is 4.32. The standard InChI is InChI=1S/C17H18Cl2N2O3S/c1-17(2,3)21-25(23,24)15-9-11(7-8-14(15)19)16(22)20-13-6-4-5-12(18)10-13/h4-10,21H,1-3H3,(H,20,22). The lowest BCUT2D eigenvalue weighted by Crippen LogP contribution is -2.40. The number of carbonyl (C=O) groups excluding carboxylic acids is 1. The van der Waals surface area contributed by atoms with Gasteiger partial charge >= 0.3 is 0 Å². The zero-order chi connectivity index (χ0) is 18.8. The van der Waals surface area contributed by atoms with Crippen molar-refractivity contribution in [1.82, 2.24) is 4.72 Å². The molecule has 0 bridgehead atoms. The third-order valence-corrected chi connectivity index (χ3v) is 5.48. The second-order valence-corrected chi connectivity index (χ2v) is 8.96. The van der Waals surface area contributed by atoms with Crippen LogP contribution < -0.4 is 10.0 Å². The smallest absolute Gasteiger partial charge is 0.255 e. The van der Waals surface area contributed by atoms with Crippen LogP contribution in [0.25, 0.3) is 0 Å². The highest BCUT2D eigenvalue weighted by Crippen LogP contribution is 2.25. The second kappa shape index (κ2) is 7.33. The van der Waals surface area contributed by atoms with Crippen molar-refractivity contribution in [3.63, 3.8) is 0 Å². The maximum atomic E-state index is 12.5. The molecule has 0 aliphatic heterocycles. The molecule has 2 aromatic rings. The highest BCUT2D eigenvalue weighted by atomic mass is 35.5. The quantitative estimate of drug-likeness (QED) is 0.801. The molecule has 0 atom stereocenters. The Hall–Kier alpha value is -1.60. The van der Waals surface area contributed by atoms with Crippen LogP contribution in [0.1, 0.15) is 31.1 Å². The van der Waals surface area contributed by atoms with Crippen molar-refractivity contribution in [3.05, 3.63) is 58.1 Å². The highest BCUT2D eigenvalue weighted by molar-refractivity contribution is 7.89. The predicted molar refractivity (Wildman–Crippen MR) is 101 cm³/mol. The molecule has 0 aliphatic carbocycles. The summed E-state index contributed by atoms with van der Waals surface area (Å²) in [5, 5.41) is 3.18. The lowest BCUT2D eigenvalue weighted by Gasteiger charge is -2.21. The van der Waals surface area contributed by atoms with Crippen molar-refractivity contribution in [2.24, 2.45) is 0 Å². The van der Waals surface area contributed by atoms with E-state index in [0.717, 1.165) is 0 Å². The van der Waals surface area contributed by atoms with E-state index in [1.165, 1.54) is 18.2 Å². The van der Waals surface area contributed by atoms with Gasteiger partial charge in [-0.3, -0.25) is 4.79 Å². The lowest BCUT2D eigenvalue weighted by atomic mass is 10.1. The maximum Gasteiger partial charge on any atom is 0.255 e. The minimum atomic E-state index is -3.87. The summed E-state index contributed by atoms with van der Waals surface area (Å²) in [5.74, 6) is -0.467. The number of sulfonamides is 1. The van der Waals surface area contributed by atoms with Crippen LogP contribution in [0.4, 0.5) is 5.69 Å². The van der Waals surface area contributed by atoms with Gasteiger partial charge in [0.2, 0.25) is 10.0 Å². The van der Waals surface area contributed by atoms with Crippen molar-refractivity contribution in [1.29, 1.82) is 0 Å². The zero-order valence-electron chi connectivity index (χ0n) is 13.9. The van der Waals surface area contributed by atoms with E-state index in [0.29, 0.717) is 10.7 Å². The summed E-state index contributed by atoms with van der Waals surface area (Å²) in [6.45, 7) is 5.15. The number of rotatable bonds is 4. The molecule has 1 amide bonds. The van der Waals surface area contributed by atoms with Crippen molar-refractivity contribution < 1.29 is 13.2 Å². The Kier molecular flexibility index (Phi) is 5.79. The molecule has 0 radical (unpaired) electrons. The van der Waals surface area contributed by atoms with Gasteiger partial charge < -0.3 is 5.32 Å². The number of hydrogen-bond donors (Lipinski definition) is 2. The second-order valence-electron chi connectivity index (χ2n) is 6.47. The number of benzene rings is 2. The van der Waals surface area contributed by atoms with Gasteiger partial charge in [-0.1, -0.05) is 29.3 Å². The first-order valence-electron chi connectivity index (χ1n) is 7.38. The van der Waals surface area contributed by atoms with E-state index in [2.05, 4.69) is 10.0 Å². The van der Waals surface area contributed by atoms with Gasteiger partial charge in [-0.05, 0) is 57.2 Å². The van der Waals surface area contributed by atoms with Crippen molar-refractivity contribution in [3.8, 4) is 0 Å². The van der Waals surface area contributed by atoms with E-state index in [4.69, 9.17) is 23.2 Å². The fraction of sp³-hybridized carbons (Fsp3) is 0.235. The Morgan fingerprint density at radius 3 is 2.32 bits per heavy atom. The van der Waals surface area contributed by atoms with Crippen LogP contribution in [0.3, 0.4) is 0 Å². The lowest BCUT2D eigenvalue weighted by molar-refractivity contribution is 0.102. The molecule has 2 rings (SSSR count). The van der Waals surface area contributed by atoms with Gasteiger partial charge in [-0.25, -0.2) is 13.1 Å². The van der Waals surface area contributed by atoms with Gasteiger partial charge in [0.05, 0.1) is 5.02 Å². The summed E-state index contributed by atoms with van der Waals surface area (Å²) >= 11 is 11.9. The monoisotopic (exact) mass is 400 g/mol. The molecule has 0 aromatic heterocycles. The average molecular weight is 401 g/mol. The minimum Gasteiger partial charge on any atom is -0.322 e. The third-order valence-electron chi connectivity index (χ3n) is 3.01. The van der Waals surface area contributed by atoms with Gasteiger partial charge in [0.25, 0.3) is 5.91 Å². The zero-order valence-corrected chi connectivity index (χ0v) is 16.3. The van der Waals surface area contributed by atoms with E-state index in [9.17, 15) is 13.2 Å². The summed E-state index contributed by atoms with van der Waals surface area (Å²) < 4.78 is 27.5. The van der Waals surface area contributed by atoms with Gasteiger partial charge in [0.1, 0.15) is 4.90 Å². The van der Waals surface area contributed by atoms with E-state index >= 15 is 0 Å². The molecule has 0 fully saturated rings. The first-order chi connectivity index (χ1) is 11.5. The van der Waals surface area contributed by atoms with Crippen LogP contribution in [-0.2, 0) is 10.0 Å². The molecule has 5 nitrogen and oxygen atoms in total. The molecule has 0 heterocycles. The van der Waals surface area contributed by atoms with Gasteiger partial charge in [0.15, 0.2) is 0 Å². The van der Waals surface area contributed by atoms with Crippen LogP contribution in [-0.4, -0.2) is 19.9 Å². The van der Waals surface area contributed by atoms with Crippen molar-refractivity contribution in [2.75, 3.05) is 5.32 Å². The van der Waals surface area contributed by atoms with E-state index in [-0.39, 0.29) is 15.5 Å². The number of halogens is 2. The Labute approximate surface area is 157 Å². The minimum absolute atomic E-state index is 0.0380. The molecule has 0 saturated heterocycles. The Morgan fingerprint density at radius 2 is 1.72 bits per heavy atom. The molecule has 8 heteroatoms. The SMILES string of the molecule is CC(C)(C)NS(=O)(=O)c1cc(C(=O)Nc2cccc(Cl)c2)ccc1Cl. The maximum absolute atomic E-state index is 12.5. The number of carbonyl (C=O) groups is 1. The Balaban J connectivity index is 2.33. The fourth-order valence-electron chi connectivity index (χ4n) is 2.08. The number of nitrogens with one attached hydrogen (secondary N) is 2. The van der Waals surface area contributed by atoms with E-state index in [1.807, 2.05) is 0 Å². The topological polar surface area (TPSA) is 75.3 Å². The summed E-state index contributed by atoms with van der Waals surface area (Å²) in [5.41, 5.74) is -0.00960. The van der Waals surface area contributed by atoms with E-state index in [1.54, 1.807) is 45.0 Å². The van der Waals surface area contributed by atoms with Crippen LogP contribution in [0.2, 0.25) is 10.0 Å². The molecular formula is C17H18Cl2N2O3S. The van der Waals surface area contributed by atoms with Crippen LogP contribution >= 0.6 is 23.2 Å². The van der Waals surface area contributed by atoms with Crippen LogP contribution in [0.15, 0.2) is 47.4 Å². The summed E-state index contributed by atoms with van der Waals surface area (Å²) in [6, 6.07) is 10.7. The number of hydrogen-bond acceptors (Lipinski definition) is 3. The molecule has 0 saturated carbocycles. The Morgan fingerprint density at radius 1 is 1.04 bits per heavy atom. The molecule has 2 N–H and O–H groups in total. The van der Waals surface area contributed by atoms with E-state index < -0.39 is 21.5 Å². The first-order valence-corrected chi connectivity index (χ1v) is 9.62. The molecule has 0 spiro atoms. The van der Waals surface area contributed by atoms with Crippen molar-refractivity contribution >= 4 is 44.8 Å². The third kappa shape index (κ3) is 5.44. The normalized spacial score (nSPS) is 12.0. The molecule has 0 aliphatic rings. The first kappa shape index (κ1) is 19.7. The average Bonchev–Trinajstić information content (AvgIpc) is 2.44. The Bertz CT molecular complexity index is 906. The molecule has 2 aromatic carbocycles. The van der Waals surface area contributed by atoms with Crippen molar-refractivity contribution in [2.45, 2.75) is 31.2 Å². The summed E-state index contributed by atoms with van der Waals surface area (Å²) in [7, 11) is -3.87. The largest absolute Gasteiger partial charge is 0.322 e. The number of anilines is 1. The van der Waals surface area contributed by atoms with Gasteiger partial charge in [-0.15, -0.1) is 0 Å². The number of amides is 1. The molecular weight excluding hydrogens is 383 g/mol. The highest BCUT2D eigenvalue weighted by Gasteiger charge is 2.25. The summed E-state index contributed by atoms with van der Waals surface area (Å²) in [4.78, 5) is 12.2. The van der Waals surface area contributed by atoms with Crippen LogP contribution in [0.5, 0.6) is 0 Å². The van der Waals surface area contributed by atoms with Gasteiger partial charge in [0, 0.05) is 21.8 Å². The van der Waals surface area contributed by atoms with Gasteiger partial charge in [-0.2, -0.15) is 0 Å². The molecule has 0 unspecified atom stereocenters. The molecule has 134 valence electrons.